The Morgan fingerprint density at radius 2 is 2.00 bits per heavy atom. The average molecular weight is 232 g/mol. The van der Waals surface area contributed by atoms with Gasteiger partial charge >= 0.3 is 0 Å². The maximum absolute atomic E-state index is 9.37. The molecule has 2 rings (SSSR count). The van der Waals surface area contributed by atoms with E-state index in [1.54, 1.807) is 11.6 Å². The molecule has 0 aliphatic carbocycles. The predicted octanol–water partition coefficient (Wildman–Crippen LogP) is 2.05. The molecule has 1 aromatic carbocycles. The van der Waals surface area contributed by atoms with Crippen LogP contribution in [-0.2, 0) is 13.7 Å². The van der Waals surface area contributed by atoms with Crippen LogP contribution in [-0.4, -0.2) is 14.9 Å². The van der Waals surface area contributed by atoms with Crippen molar-refractivity contribution in [3.63, 3.8) is 0 Å². The van der Waals surface area contributed by atoms with Gasteiger partial charge in [-0.05, 0) is 30.7 Å². The van der Waals surface area contributed by atoms with E-state index in [0.717, 1.165) is 17.0 Å². The molecule has 1 heterocycles. The van der Waals surface area contributed by atoms with Crippen molar-refractivity contribution in [1.82, 2.24) is 9.78 Å². The first-order chi connectivity index (χ1) is 8.15. The SMILES string of the molecule is C[C@H](O)c1ccc(OCc2ccn(C)n2)cc1. The van der Waals surface area contributed by atoms with Gasteiger partial charge in [0, 0.05) is 13.2 Å². The van der Waals surface area contributed by atoms with E-state index in [2.05, 4.69) is 5.10 Å². The van der Waals surface area contributed by atoms with Crippen molar-refractivity contribution in [3.05, 3.63) is 47.8 Å². The van der Waals surface area contributed by atoms with Crippen LogP contribution in [0.4, 0.5) is 0 Å². The van der Waals surface area contributed by atoms with Crippen molar-refractivity contribution in [2.75, 3.05) is 0 Å². The number of hydrogen-bond donors (Lipinski definition) is 1. The second kappa shape index (κ2) is 5.01. The van der Waals surface area contributed by atoms with E-state index in [1.165, 1.54) is 0 Å². The fraction of sp³-hybridized carbons (Fsp3) is 0.308. The Hall–Kier alpha value is -1.81. The van der Waals surface area contributed by atoms with Crippen molar-refractivity contribution in [3.8, 4) is 5.75 Å². The second-order valence-corrected chi connectivity index (χ2v) is 4.01. The topological polar surface area (TPSA) is 47.3 Å². The number of rotatable bonds is 4. The van der Waals surface area contributed by atoms with Crippen LogP contribution in [0.3, 0.4) is 0 Å². The standard InChI is InChI=1S/C13H16N2O2/c1-10(16)11-3-5-13(6-4-11)17-9-12-7-8-15(2)14-12/h3-8,10,16H,9H2,1-2H3/t10-/m0/s1. The van der Waals surface area contributed by atoms with Gasteiger partial charge in [0.1, 0.15) is 12.4 Å². The van der Waals surface area contributed by atoms with E-state index >= 15 is 0 Å². The Labute approximate surface area is 100 Å². The maximum atomic E-state index is 9.37. The van der Waals surface area contributed by atoms with Crippen molar-refractivity contribution in [2.45, 2.75) is 19.6 Å². The van der Waals surface area contributed by atoms with Crippen LogP contribution in [0.5, 0.6) is 5.75 Å². The van der Waals surface area contributed by atoms with E-state index in [0.29, 0.717) is 6.61 Å². The van der Waals surface area contributed by atoms with E-state index in [9.17, 15) is 5.11 Å². The molecule has 4 heteroatoms. The lowest BCUT2D eigenvalue weighted by atomic mass is 10.1. The van der Waals surface area contributed by atoms with Crippen LogP contribution in [0.2, 0.25) is 0 Å². The van der Waals surface area contributed by atoms with E-state index in [4.69, 9.17) is 4.74 Å². The van der Waals surface area contributed by atoms with E-state index in [1.807, 2.05) is 43.6 Å². The monoisotopic (exact) mass is 232 g/mol. The van der Waals surface area contributed by atoms with Crippen LogP contribution in [0, 0.1) is 0 Å². The summed E-state index contributed by atoms with van der Waals surface area (Å²) in [5, 5.41) is 13.6. The van der Waals surface area contributed by atoms with Gasteiger partial charge in [0.15, 0.2) is 0 Å². The number of hydrogen-bond acceptors (Lipinski definition) is 3. The van der Waals surface area contributed by atoms with Crippen LogP contribution in [0.25, 0.3) is 0 Å². The first-order valence-corrected chi connectivity index (χ1v) is 5.54. The van der Waals surface area contributed by atoms with Gasteiger partial charge in [-0.1, -0.05) is 12.1 Å². The molecule has 2 aromatic rings. The molecule has 0 saturated heterocycles. The highest BCUT2D eigenvalue weighted by Gasteiger charge is 2.02. The average Bonchev–Trinajstić information content (AvgIpc) is 2.73. The molecule has 0 aliphatic rings. The smallest absolute Gasteiger partial charge is 0.132 e. The Balaban J connectivity index is 1.95. The molecule has 0 amide bonds. The molecule has 0 bridgehead atoms. The van der Waals surface area contributed by atoms with Gasteiger partial charge in [0.2, 0.25) is 0 Å². The molecule has 0 radical (unpaired) electrons. The summed E-state index contributed by atoms with van der Waals surface area (Å²) in [6, 6.07) is 9.34. The van der Waals surface area contributed by atoms with Gasteiger partial charge in [-0.3, -0.25) is 4.68 Å². The second-order valence-electron chi connectivity index (χ2n) is 4.01. The summed E-state index contributed by atoms with van der Waals surface area (Å²) in [5.41, 5.74) is 1.78. The Morgan fingerprint density at radius 3 is 2.53 bits per heavy atom. The number of nitrogens with zero attached hydrogens (tertiary/aromatic N) is 2. The first-order valence-electron chi connectivity index (χ1n) is 5.54. The third kappa shape index (κ3) is 3.07. The van der Waals surface area contributed by atoms with Gasteiger partial charge in [0.05, 0.1) is 11.8 Å². The molecule has 0 aliphatic heterocycles. The summed E-state index contributed by atoms with van der Waals surface area (Å²) in [5.74, 6) is 0.778. The van der Waals surface area contributed by atoms with Crippen molar-refractivity contribution in [2.24, 2.45) is 7.05 Å². The lowest BCUT2D eigenvalue weighted by Gasteiger charge is -2.07. The molecule has 1 N–H and O–H groups in total. The number of aliphatic hydroxyl groups is 1. The van der Waals surface area contributed by atoms with Crippen LogP contribution in [0.15, 0.2) is 36.5 Å². The van der Waals surface area contributed by atoms with Crippen LogP contribution < -0.4 is 4.74 Å². The van der Waals surface area contributed by atoms with Gasteiger partial charge in [0.25, 0.3) is 0 Å². The molecular formula is C13H16N2O2. The minimum Gasteiger partial charge on any atom is -0.487 e. The Kier molecular flexibility index (Phi) is 3.44. The highest BCUT2D eigenvalue weighted by Crippen LogP contribution is 2.17. The maximum Gasteiger partial charge on any atom is 0.132 e. The number of aryl methyl sites for hydroxylation is 1. The minimum atomic E-state index is -0.445. The fourth-order valence-electron chi connectivity index (χ4n) is 1.54. The molecule has 1 aromatic heterocycles. The number of aromatic nitrogens is 2. The van der Waals surface area contributed by atoms with Gasteiger partial charge in [-0.25, -0.2) is 0 Å². The number of benzene rings is 1. The Bertz CT molecular complexity index is 474. The highest BCUT2D eigenvalue weighted by molar-refractivity contribution is 5.28. The van der Waals surface area contributed by atoms with Crippen LogP contribution in [0.1, 0.15) is 24.3 Å². The lowest BCUT2D eigenvalue weighted by molar-refractivity contribution is 0.199. The summed E-state index contributed by atoms with van der Waals surface area (Å²) in [4.78, 5) is 0. The third-order valence-corrected chi connectivity index (χ3v) is 2.52. The summed E-state index contributed by atoms with van der Waals surface area (Å²) in [7, 11) is 1.88. The van der Waals surface area contributed by atoms with Crippen molar-refractivity contribution in [1.29, 1.82) is 0 Å². The first kappa shape index (κ1) is 11.7. The zero-order valence-electron chi connectivity index (χ0n) is 10.00. The summed E-state index contributed by atoms with van der Waals surface area (Å²) >= 11 is 0. The zero-order valence-corrected chi connectivity index (χ0v) is 10.00. The largest absolute Gasteiger partial charge is 0.487 e. The number of ether oxygens (including phenoxy) is 1. The van der Waals surface area contributed by atoms with Gasteiger partial charge in [-0.15, -0.1) is 0 Å². The lowest BCUT2D eigenvalue weighted by Crippen LogP contribution is -1.98. The Morgan fingerprint density at radius 1 is 1.29 bits per heavy atom. The minimum absolute atomic E-state index is 0.445. The molecule has 4 nitrogen and oxygen atoms in total. The fourth-order valence-corrected chi connectivity index (χ4v) is 1.54. The zero-order chi connectivity index (χ0) is 12.3. The molecule has 0 unspecified atom stereocenters. The van der Waals surface area contributed by atoms with Crippen molar-refractivity contribution < 1.29 is 9.84 Å². The summed E-state index contributed by atoms with van der Waals surface area (Å²) < 4.78 is 7.33. The van der Waals surface area contributed by atoms with Crippen molar-refractivity contribution >= 4 is 0 Å². The molecule has 0 fully saturated rings. The molecule has 1 atom stereocenters. The predicted molar refractivity (Wildman–Crippen MR) is 64.6 cm³/mol. The number of aliphatic hydroxyl groups excluding tert-OH is 1. The molecule has 0 saturated carbocycles. The van der Waals surface area contributed by atoms with Crippen LogP contribution >= 0.6 is 0 Å². The summed E-state index contributed by atoms with van der Waals surface area (Å²) in [6.45, 7) is 2.19. The summed E-state index contributed by atoms with van der Waals surface area (Å²) in [6.07, 6.45) is 1.44. The highest BCUT2D eigenvalue weighted by atomic mass is 16.5. The third-order valence-electron chi connectivity index (χ3n) is 2.52. The molecule has 0 spiro atoms. The quantitative estimate of drug-likeness (QED) is 0.877. The molecule has 17 heavy (non-hydrogen) atoms. The molecule has 90 valence electrons. The normalized spacial score (nSPS) is 12.4. The van der Waals surface area contributed by atoms with E-state index in [-0.39, 0.29) is 0 Å². The van der Waals surface area contributed by atoms with E-state index < -0.39 is 6.10 Å². The van der Waals surface area contributed by atoms with Gasteiger partial charge < -0.3 is 9.84 Å². The molecular weight excluding hydrogens is 216 g/mol. The van der Waals surface area contributed by atoms with Gasteiger partial charge in [-0.2, -0.15) is 5.10 Å².